The summed E-state index contributed by atoms with van der Waals surface area (Å²) >= 11 is 0. The van der Waals surface area contributed by atoms with Gasteiger partial charge in [-0.25, -0.2) is 9.59 Å². The molecule has 0 amide bonds. The molecule has 0 unspecified atom stereocenters. The number of rotatable bonds is 7. The van der Waals surface area contributed by atoms with Gasteiger partial charge in [-0.3, -0.25) is 0 Å². The summed E-state index contributed by atoms with van der Waals surface area (Å²) in [6.07, 6.45) is 2.20. The zero-order valence-electron chi connectivity index (χ0n) is 15.5. The number of ether oxygens (including phenoxy) is 2. The molecular weight excluding hydrogens is 344 g/mol. The second-order valence-corrected chi connectivity index (χ2v) is 6.38. The fourth-order valence-electron chi connectivity index (χ4n) is 2.84. The Morgan fingerprint density at radius 3 is 2.70 bits per heavy atom. The molecule has 5 nitrogen and oxygen atoms in total. The van der Waals surface area contributed by atoms with Gasteiger partial charge in [0.05, 0.1) is 10.9 Å². The molecule has 0 bridgehead atoms. The van der Waals surface area contributed by atoms with Gasteiger partial charge < -0.3 is 13.9 Å². The van der Waals surface area contributed by atoms with E-state index in [4.69, 9.17) is 13.9 Å². The first kappa shape index (κ1) is 18.7. The van der Waals surface area contributed by atoms with Crippen LogP contribution in [0.5, 0.6) is 11.5 Å². The molecule has 2 aromatic carbocycles. The number of benzene rings is 2. The van der Waals surface area contributed by atoms with Crippen molar-refractivity contribution in [2.45, 2.75) is 33.1 Å². The number of para-hydroxylation sites is 1. The van der Waals surface area contributed by atoms with Gasteiger partial charge >= 0.3 is 11.6 Å². The number of aryl methyl sites for hydroxylation is 1. The predicted molar refractivity (Wildman–Crippen MR) is 103 cm³/mol. The lowest BCUT2D eigenvalue weighted by Crippen LogP contribution is -2.20. The van der Waals surface area contributed by atoms with Crippen LogP contribution in [0.4, 0.5) is 0 Å². The third kappa shape index (κ3) is 4.56. The monoisotopic (exact) mass is 366 g/mol. The lowest BCUT2D eigenvalue weighted by atomic mass is 10.1. The van der Waals surface area contributed by atoms with Gasteiger partial charge in [0.15, 0.2) is 12.4 Å². The highest BCUT2D eigenvalue weighted by molar-refractivity contribution is 5.87. The number of hydrogen-bond donors (Lipinski definition) is 0. The standard InChI is InChI=1S/C22H22O5/c1-3-4-10-18-21(17-11-5-6-12-19(17)26-22(18)24)27-20(23)14-25-16-9-7-8-15(2)13-16/h5-9,11-13H,3-4,10,14H2,1-2H3. The highest BCUT2D eigenvalue weighted by Crippen LogP contribution is 2.28. The summed E-state index contributed by atoms with van der Waals surface area (Å²) in [5.41, 5.74) is 1.35. The minimum atomic E-state index is -0.565. The van der Waals surface area contributed by atoms with Crippen molar-refractivity contribution in [2.75, 3.05) is 6.61 Å². The van der Waals surface area contributed by atoms with E-state index in [1.54, 1.807) is 24.3 Å². The van der Waals surface area contributed by atoms with Crippen LogP contribution in [0.3, 0.4) is 0 Å². The smallest absolute Gasteiger partial charge is 0.349 e. The van der Waals surface area contributed by atoms with Crippen molar-refractivity contribution in [3.63, 3.8) is 0 Å². The summed E-state index contributed by atoms with van der Waals surface area (Å²) in [4.78, 5) is 24.7. The predicted octanol–water partition coefficient (Wildman–Crippen LogP) is 4.43. The van der Waals surface area contributed by atoms with Crippen molar-refractivity contribution in [3.05, 3.63) is 70.1 Å². The van der Waals surface area contributed by atoms with Crippen LogP contribution in [0.1, 0.15) is 30.9 Å². The third-order valence-corrected chi connectivity index (χ3v) is 4.20. The van der Waals surface area contributed by atoms with E-state index >= 15 is 0 Å². The summed E-state index contributed by atoms with van der Waals surface area (Å²) in [6, 6.07) is 14.5. The van der Waals surface area contributed by atoms with Crippen LogP contribution in [0.15, 0.2) is 57.7 Å². The molecule has 0 saturated heterocycles. The van der Waals surface area contributed by atoms with Crippen LogP contribution < -0.4 is 15.1 Å². The van der Waals surface area contributed by atoms with Crippen molar-refractivity contribution >= 4 is 16.9 Å². The number of hydrogen-bond acceptors (Lipinski definition) is 5. The van der Waals surface area contributed by atoms with E-state index in [0.29, 0.717) is 28.7 Å². The van der Waals surface area contributed by atoms with E-state index in [2.05, 4.69) is 0 Å². The second-order valence-electron chi connectivity index (χ2n) is 6.38. The SMILES string of the molecule is CCCCc1c(OC(=O)COc2cccc(C)c2)c2ccccc2oc1=O. The molecule has 0 N–H and O–H groups in total. The first-order chi connectivity index (χ1) is 13.1. The Bertz CT molecular complexity index is 1000. The number of unbranched alkanes of at least 4 members (excludes halogenated alkanes) is 1. The number of carbonyl (C=O) groups is 1. The summed E-state index contributed by atoms with van der Waals surface area (Å²) in [5.74, 6) is 0.300. The quantitative estimate of drug-likeness (QED) is 0.457. The lowest BCUT2D eigenvalue weighted by molar-refractivity contribution is -0.136. The van der Waals surface area contributed by atoms with Gasteiger partial charge in [-0.2, -0.15) is 0 Å². The van der Waals surface area contributed by atoms with E-state index < -0.39 is 11.6 Å². The summed E-state index contributed by atoms with van der Waals surface area (Å²) < 4.78 is 16.4. The maximum atomic E-state index is 12.4. The Hall–Kier alpha value is -3.08. The van der Waals surface area contributed by atoms with Crippen molar-refractivity contribution in [3.8, 4) is 11.5 Å². The van der Waals surface area contributed by atoms with Crippen LogP contribution in [0, 0.1) is 6.92 Å². The van der Waals surface area contributed by atoms with Crippen molar-refractivity contribution in [1.82, 2.24) is 0 Å². The van der Waals surface area contributed by atoms with E-state index in [0.717, 1.165) is 18.4 Å². The average molecular weight is 366 g/mol. The van der Waals surface area contributed by atoms with Gasteiger partial charge in [-0.1, -0.05) is 37.6 Å². The Morgan fingerprint density at radius 2 is 1.93 bits per heavy atom. The average Bonchev–Trinajstić information content (AvgIpc) is 2.66. The number of fused-ring (bicyclic) bond motifs is 1. The maximum Gasteiger partial charge on any atom is 0.349 e. The minimum absolute atomic E-state index is 0.245. The fraction of sp³-hybridized carbons (Fsp3) is 0.273. The molecule has 3 aromatic rings. The number of carbonyl (C=O) groups excluding carboxylic acids is 1. The normalized spacial score (nSPS) is 10.7. The zero-order chi connectivity index (χ0) is 19.2. The van der Waals surface area contributed by atoms with Crippen molar-refractivity contribution in [2.24, 2.45) is 0 Å². The van der Waals surface area contributed by atoms with Gasteiger partial charge in [0, 0.05) is 0 Å². The van der Waals surface area contributed by atoms with Gasteiger partial charge in [-0.05, 0) is 49.6 Å². The fourth-order valence-corrected chi connectivity index (χ4v) is 2.84. The molecule has 5 heteroatoms. The molecule has 1 heterocycles. The molecule has 27 heavy (non-hydrogen) atoms. The molecule has 0 aliphatic rings. The molecule has 0 fully saturated rings. The molecule has 0 aliphatic heterocycles. The Kier molecular flexibility index (Phi) is 5.91. The van der Waals surface area contributed by atoms with E-state index in [1.807, 2.05) is 38.1 Å². The Labute approximate surface area is 157 Å². The summed E-state index contributed by atoms with van der Waals surface area (Å²) in [6.45, 7) is 3.73. The minimum Gasteiger partial charge on any atom is -0.482 e. The molecule has 140 valence electrons. The topological polar surface area (TPSA) is 65.7 Å². The highest BCUT2D eigenvalue weighted by Gasteiger charge is 2.18. The maximum absolute atomic E-state index is 12.4. The summed E-state index contributed by atoms with van der Waals surface area (Å²) in [5, 5.41) is 0.604. The zero-order valence-corrected chi connectivity index (χ0v) is 15.5. The van der Waals surface area contributed by atoms with Gasteiger partial charge in [0.25, 0.3) is 0 Å². The molecular formula is C22H22O5. The summed E-state index contributed by atoms with van der Waals surface area (Å²) in [7, 11) is 0. The van der Waals surface area contributed by atoms with E-state index in [-0.39, 0.29) is 12.4 Å². The first-order valence-electron chi connectivity index (χ1n) is 9.03. The largest absolute Gasteiger partial charge is 0.482 e. The molecule has 0 saturated carbocycles. The van der Waals surface area contributed by atoms with Crippen LogP contribution in [0.2, 0.25) is 0 Å². The van der Waals surface area contributed by atoms with E-state index in [1.165, 1.54) is 0 Å². The van der Waals surface area contributed by atoms with Crippen LogP contribution in [-0.4, -0.2) is 12.6 Å². The Balaban J connectivity index is 1.85. The third-order valence-electron chi connectivity index (χ3n) is 4.20. The van der Waals surface area contributed by atoms with Crippen molar-refractivity contribution < 1.29 is 18.7 Å². The first-order valence-corrected chi connectivity index (χ1v) is 9.03. The van der Waals surface area contributed by atoms with Crippen molar-refractivity contribution in [1.29, 1.82) is 0 Å². The number of esters is 1. The highest BCUT2D eigenvalue weighted by atomic mass is 16.6. The molecule has 3 rings (SSSR count). The van der Waals surface area contributed by atoms with Crippen LogP contribution >= 0.6 is 0 Å². The molecule has 0 radical (unpaired) electrons. The van der Waals surface area contributed by atoms with Gasteiger partial charge in [0.1, 0.15) is 11.3 Å². The second kappa shape index (κ2) is 8.54. The van der Waals surface area contributed by atoms with Gasteiger partial charge in [-0.15, -0.1) is 0 Å². The molecule has 0 atom stereocenters. The molecule has 0 spiro atoms. The van der Waals surface area contributed by atoms with Crippen LogP contribution in [-0.2, 0) is 11.2 Å². The van der Waals surface area contributed by atoms with Gasteiger partial charge in [0.2, 0.25) is 0 Å². The Morgan fingerprint density at radius 1 is 1.11 bits per heavy atom. The molecule has 1 aromatic heterocycles. The van der Waals surface area contributed by atoms with E-state index in [9.17, 15) is 9.59 Å². The lowest BCUT2D eigenvalue weighted by Gasteiger charge is -2.12. The molecule has 0 aliphatic carbocycles. The van der Waals surface area contributed by atoms with Crippen LogP contribution in [0.25, 0.3) is 11.0 Å².